The summed E-state index contributed by atoms with van der Waals surface area (Å²) in [5.41, 5.74) is 4.88. The minimum absolute atomic E-state index is 0.905. The molecule has 0 amide bonds. The Balaban J connectivity index is 2.16. The summed E-state index contributed by atoms with van der Waals surface area (Å²) in [5, 5.41) is 8.09. The van der Waals surface area contributed by atoms with Gasteiger partial charge in [-0.3, -0.25) is 0 Å². The van der Waals surface area contributed by atoms with Crippen LogP contribution in [0.5, 0.6) is 0 Å². The summed E-state index contributed by atoms with van der Waals surface area (Å²) in [5.74, 6) is 0. The Bertz CT molecular complexity index is 560. The van der Waals surface area contributed by atoms with Gasteiger partial charge >= 0.3 is 0 Å². The van der Waals surface area contributed by atoms with E-state index in [1.165, 1.54) is 16.8 Å². The maximum atomic E-state index is 4.71. The summed E-state index contributed by atoms with van der Waals surface area (Å²) >= 11 is 3.67. The topological polar surface area (TPSA) is 29.9 Å². The predicted octanol–water partition coefficient (Wildman–Crippen LogP) is 2.59. The highest BCUT2D eigenvalue weighted by molar-refractivity contribution is 9.10. The molecule has 1 aromatic carbocycles. The molecule has 0 radical (unpaired) electrons. The van der Waals surface area contributed by atoms with Crippen LogP contribution in [0.3, 0.4) is 0 Å². The number of hydrogen-bond acceptors (Lipinski definition) is 2. The zero-order valence-electron chi connectivity index (χ0n) is 9.70. The number of aryl methyl sites for hydroxylation is 1. The molecule has 88 valence electrons. The van der Waals surface area contributed by atoms with Crippen LogP contribution in [0, 0.1) is 6.92 Å². The van der Waals surface area contributed by atoms with Gasteiger partial charge in [0.1, 0.15) is 4.60 Å². The van der Waals surface area contributed by atoms with Crippen molar-refractivity contribution in [2.75, 3.05) is 6.54 Å². The fraction of sp³-hybridized carbons (Fsp3) is 0.308. The largest absolute Gasteiger partial charge is 0.312 e. The normalized spacial score (nSPS) is 14.7. The number of fused-ring (bicyclic) bond motifs is 1. The zero-order valence-corrected chi connectivity index (χ0v) is 11.3. The number of benzene rings is 1. The lowest BCUT2D eigenvalue weighted by molar-refractivity contribution is 0.634. The highest BCUT2D eigenvalue weighted by Crippen LogP contribution is 2.27. The van der Waals surface area contributed by atoms with Crippen LogP contribution in [-0.4, -0.2) is 16.3 Å². The van der Waals surface area contributed by atoms with Crippen LogP contribution < -0.4 is 5.32 Å². The molecule has 0 saturated carbocycles. The molecule has 0 bridgehead atoms. The maximum Gasteiger partial charge on any atom is 0.114 e. The Morgan fingerprint density at radius 1 is 1.35 bits per heavy atom. The number of halogens is 1. The van der Waals surface area contributed by atoms with E-state index in [-0.39, 0.29) is 0 Å². The van der Waals surface area contributed by atoms with Crippen molar-refractivity contribution in [3.63, 3.8) is 0 Å². The van der Waals surface area contributed by atoms with E-state index in [9.17, 15) is 0 Å². The van der Waals surface area contributed by atoms with Crippen LogP contribution in [0.2, 0.25) is 0 Å². The lowest BCUT2D eigenvalue weighted by Crippen LogP contribution is -2.23. The van der Waals surface area contributed by atoms with Crippen molar-refractivity contribution < 1.29 is 0 Å². The van der Waals surface area contributed by atoms with Crippen molar-refractivity contribution in [2.24, 2.45) is 0 Å². The van der Waals surface area contributed by atoms with Gasteiger partial charge in [0.25, 0.3) is 0 Å². The third-order valence-corrected chi connectivity index (χ3v) is 4.00. The van der Waals surface area contributed by atoms with Crippen LogP contribution in [0.25, 0.3) is 5.69 Å². The average molecular weight is 292 g/mol. The van der Waals surface area contributed by atoms with E-state index in [0.717, 1.165) is 29.8 Å². The Labute approximate surface area is 109 Å². The third kappa shape index (κ3) is 1.81. The third-order valence-electron chi connectivity index (χ3n) is 3.19. The van der Waals surface area contributed by atoms with Gasteiger partial charge in [0.05, 0.1) is 11.4 Å². The Kier molecular flexibility index (Phi) is 2.76. The van der Waals surface area contributed by atoms with Gasteiger partial charge in [-0.2, -0.15) is 5.10 Å². The molecule has 17 heavy (non-hydrogen) atoms. The molecule has 0 atom stereocenters. The molecule has 0 unspecified atom stereocenters. The van der Waals surface area contributed by atoms with E-state index in [0.29, 0.717) is 0 Å². The van der Waals surface area contributed by atoms with Crippen LogP contribution in [-0.2, 0) is 13.0 Å². The number of nitrogens with zero attached hydrogens (tertiary/aromatic N) is 2. The number of rotatable bonds is 1. The van der Waals surface area contributed by atoms with Crippen LogP contribution in [0.4, 0.5) is 0 Å². The lowest BCUT2D eigenvalue weighted by Gasteiger charge is -2.10. The first-order valence-electron chi connectivity index (χ1n) is 5.80. The van der Waals surface area contributed by atoms with E-state index in [1.807, 2.05) is 10.7 Å². The molecule has 2 heterocycles. The monoisotopic (exact) mass is 291 g/mol. The number of hydrogen-bond donors (Lipinski definition) is 1. The molecule has 1 aliphatic rings. The van der Waals surface area contributed by atoms with Crippen molar-refractivity contribution in [1.82, 2.24) is 15.1 Å². The fourth-order valence-electron chi connectivity index (χ4n) is 2.23. The molecular weight excluding hydrogens is 278 g/mol. The Hall–Kier alpha value is -1.13. The first kappa shape index (κ1) is 11.0. The minimum atomic E-state index is 0.905. The second-order valence-corrected chi connectivity index (χ2v) is 5.09. The van der Waals surface area contributed by atoms with Crippen molar-refractivity contribution in [3.8, 4) is 5.69 Å². The highest BCUT2D eigenvalue weighted by atomic mass is 79.9. The van der Waals surface area contributed by atoms with Crippen molar-refractivity contribution >= 4 is 15.9 Å². The Morgan fingerprint density at radius 3 is 2.94 bits per heavy atom. The van der Waals surface area contributed by atoms with Crippen LogP contribution >= 0.6 is 15.9 Å². The minimum Gasteiger partial charge on any atom is -0.312 e. The summed E-state index contributed by atoms with van der Waals surface area (Å²) in [6.07, 6.45) is 1.01. The summed E-state index contributed by atoms with van der Waals surface area (Å²) in [4.78, 5) is 0. The average Bonchev–Trinajstić information content (AvgIpc) is 2.68. The molecule has 0 spiro atoms. The number of aromatic nitrogens is 2. The molecule has 4 heteroatoms. The first-order valence-corrected chi connectivity index (χ1v) is 6.59. The van der Waals surface area contributed by atoms with E-state index in [1.54, 1.807) is 0 Å². The summed E-state index contributed by atoms with van der Waals surface area (Å²) < 4.78 is 3.08. The van der Waals surface area contributed by atoms with Gasteiger partial charge in [-0.05, 0) is 34.5 Å². The standard InChI is InChI=1S/C13H14BrN3/c1-9-4-2-3-5-12(9)17-13(14)10-8-15-7-6-11(10)16-17/h2-5,15H,6-8H2,1H3. The van der Waals surface area contributed by atoms with Gasteiger partial charge in [-0.1, -0.05) is 18.2 Å². The molecule has 3 rings (SSSR count). The zero-order chi connectivity index (χ0) is 11.8. The van der Waals surface area contributed by atoms with Crippen LogP contribution in [0.1, 0.15) is 16.8 Å². The predicted molar refractivity (Wildman–Crippen MR) is 71.4 cm³/mol. The fourth-order valence-corrected chi connectivity index (χ4v) is 2.87. The molecule has 1 N–H and O–H groups in total. The quantitative estimate of drug-likeness (QED) is 0.875. The molecule has 0 fully saturated rings. The maximum absolute atomic E-state index is 4.71. The second kappa shape index (κ2) is 4.27. The molecule has 1 aliphatic heterocycles. The van der Waals surface area contributed by atoms with Crippen molar-refractivity contribution in [1.29, 1.82) is 0 Å². The van der Waals surface area contributed by atoms with E-state index in [2.05, 4.69) is 46.4 Å². The van der Waals surface area contributed by atoms with Crippen LogP contribution in [0.15, 0.2) is 28.9 Å². The van der Waals surface area contributed by atoms with Gasteiger partial charge in [0.2, 0.25) is 0 Å². The van der Waals surface area contributed by atoms with Gasteiger partial charge in [0, 0.05) is 25.1 Å². The highest BCUT2D eigenvalue weighted by Gasteiger charge is 2.19. The van der Waals surface area contributed by atoms with Crippen molar-refractivity contribution in [2.45, 2.75) is 19.9 Å². The molecule has 0 aliphatic carbocycles. The summed E-state index contributed by atoms with van der Waals surface area (Å²) in [6.45, 7) is 4.03. The molecule has 3 nitrogen and oxygen atoms in total. The summed E-state index contributed by atoms with van der Waals surface area (Å²) in [6, 6.07) is 8.32. The molecule has 2 aromatic rings. The van der Waals surface area contributed by atoms with Crippen molar-refractivity contribution in [3.05, 3.63) is 45.7 Å². The number of nitrogens with one attached hydrogen (secondary N) is 1. The SMILES string of the molecule is Cc1ccccc1-n1nc2c(c1Br)CNCC2. The van der Waals surface area contributed by atoms with E-state index >= 15 is 0 Å². The van der Waals surface area contributed by atoms with Gasteiger partial charge in [-0.15, -0.1) is 0 Å². The van der Waals surface area contributed by atoms with Gasteiger partial charge in [0.15, 0.2) is 0 Å². The Morgan fingerprint density at radius 2 is 2.18 bits per heavy atom. The summed E-state index contributed by atoms with van der Waals surface area (Å²) in [7, 11) is 0. The molecule has 1 aromatic heterocycles. The van der Waals surface area contributed by atoms with E-state index in [4.69, 9.17) is 5.10 Å². The van der Waals surface area contributed by atoms with Gasteiger partial charge < -0.3 is 5.32 Å². The smallest absolute Gasteiger partial charge is 0.114 e. The number of para-hydroxylation sites is 1. The van der Waals surface area contributed by atoms with Gasteiger partial charge in [-0.25, -0.2) is 4.68 Å². The molecule has 0 saturated heterocycles. The second-order valence-electron chi connectivity index (χ2n) is 4.34. The lowest BCUT2D eigenvalue weighted by atomic mass is 10.1. The first-order chi connectivity index (χ1) is 8.27. The molecular formula is C13H14BrN3. The van der Waals surface area contributed by atoms with E-state index < -0.39 is 0 Å².